The van der Waals surface area contributed by atoms with Crippen LogP contribution in [0.5, 0.6) is 5.75 Å². The van der Waals surface area contributed by atoms with Crippen molar-refractivity contribution in [3.63, 3.8) is 0 Å². The minimum atomic E-state index is -0.0698. The van der Waals surface area contributed by atoms with E-state index in [1.807, 2.05) is 46.1 Å². The molecule has 1 aromatic carbocycles. The lowest BCUT2D eigenvalue weighted by atomic mass is 10.1. The summed E-state index contributed by atoms with van der Waals surface area (Å²) in [5.41, 5.74) is 2.26. The van der Waals surface area contributed by atoms with Crippen molar-refractivity contribution in [2.45, 2.75) is 20.3 Å². The topological polar surface area (TPSA) is 41.6 Å². The molecular weight excluding hydrogens is 240 g/mol. The molecule has 0 aromatic heterocycles. The molecule has 1 rings (SSSR count). The van der Waals surface area contributed by atoms with Gasteiger partial charge in [0.05, 0.1) is 0 Å². The van der Waals surface area contributed by atoms with Crippen LogP contribution in [-0.4, -0.2) is 44.6 Å². The minimum absolute atomic E-state index is 0.0698. The second kappa shape index (κ2) is 7.79. The zero-order valence-corrected chi connectivity index (χ0v) is 12.3. The van der Waals surface area contributed by atoms with Gasteiger partial charge in [-0.1, -0.05) is 12.1 Å². The van der Waals surface area contributed by atoms with Crippen molar-refractivity contribution >= 4 is 5.91 Å². The molecule has 0 saturated heterocycles. The predicted octanol–water partition coefficient (Wildman–Crippen LogP) is 1.75. The van der Waals surface area contributed by atoms with Crippen LogP contribution >= 0.6 is 0 Å². The summed E-state index contributed by atoms with van der Waals surface area (Å²) in [4.78, 5) is 13.7. The van der Waals surface area contributed by atoms with Gasteiger partial charge < -0.3 is 15.0 Å². The summed E-state index contributed by atoms with van der Waals surface area (Å²) in [6.07, 6.45) is 0.947. The molecule has 1 N–H and O–H groups in total. The normalized spacial score (nSPS) is 10.6. The monoisotopic (exact) mass is 264 g/mol. The number of amides is 1. The SMILES string of the molecule is Cc1cccc(OCC(=O)NCCCN(C)C)c1C. The van der Waals surface area contributed by atoms with Crippen LogP contribution in [0.25, 0.3) is 0 Å². The van der Waals surface area contributed by atoms with Crippen LogP contribution in [0.3, 0.4) is 0 Å². The van der Waals surface area contributed by atoms with Crippen molar-refractivity contribution in [2.24, 2.45) is 0 Å². The Kier molecular flexibility index (Phi) is 6.36. The highest BCUT2D eigenvalue weighted by atomic mass is 16.5. The van der Waals surface area contributed by atoms with E-state index in [0.29, 0.717) is 6.54 Å². The molecule has 1 aromatic rings. The Balaban J connectivity index is 2.28. The molecule has 0 atom stereocenters. The Hall–Kier alpha value is -1.55. The van der Waals surface area contributed by atoms with Crippen molar-refractivity contribution in [3.05, 3.63) is 29.3 Å². The number of hydrogen-bond acceptors (Lipinski definition) is 3. The van der Waals surface area contributed by atoms with Crippen molar-refractivity contribution in [2.75, 3.05) is 33.8 Å². The van der Waals surface area contributed by atoms with Gasteiger partial charge in [0, 0.05) is 6.54 Å². The molecule has 0 fully saturated rings. The van der Waals surface area contributed by atoms with Gasteiger partial charge in [-0.25, -0.2) is 0 Å². The second-order valence-corrected chi connectivity index (χ2v) is 4.99. The molecule has 19 heavy (non-hydrogen) atoms. The van der Waals surface area contributed by atoms with Gasteiger partial charge in [0.1, 0.15) is 5.75 Å². The Morgan fingerprint density at radius 1 is 1.32 bits per heavy atom. The number of rotatable bonds is 7. The van der Waals surface area contributed by atoms with Crippen LogP contribution in [-0.2, 0) is 4.79 Å². The van der Waals surface area contributed by atoms with Crippen LogP contribution in [0.15, 0.2) is 18.2 Å². The number of carbonyl (C=O) groups excluding carboxylic acids is 1. The first-order valence-electron chi connectivity index (χ1n) is 6.61. The molecule has 0 heterocycles. The lowest BCUT2D eigenvalue weighted by molar-refractivity contribution is -0.123. The number of aryl methyl sites for hydroxylation is 1. The zero-order chi connectivity index (χ0) is 14.3. The summed E-state index contributed by atoms with van der Waals surface area (Å²) in [6.45, 7) is 5.76. The van der Waals surface area contributed by atoms with E-state index in [9.17, 15) is 4.79 Å². The van der Waals surface area contributed by atoms with Gasteiger partial charge in [0.2, 0.25) is 0 Å². The lowest BCUT2D eigenvalue weighted by Crippen LogP contribution is -2.31. The largest absolute Gasteiger partial charge is 0.483 e. The van der Waals surface area contributed by atoms with Crippen molar-refractivity contribution in [1.82, 2.24) is 10.2 Å². The zero-order valence-electron chi connectivity index (χ0n) is 12.3. The Morgan fingerprint density at radius 2 is 2.05 bits per heavy atom. The molecule has 0 aliphatic carbocycles. The number of nitrogens with one attached hydrogen (secondary N) is 1. The third-order valence-electron chi connectivity index (χ3n) is 3.02. The molecule has 1 amide bonds. The summed E-state index contributed by atoms with van der Waals surface area (Å²) in [7, 11) is 4.04. The van der Waals surface area contributed by atoms with Crippen LogP contribution in [0.1, 0.15) is 17.5 Å². The van der Waals surface area contributed by atoms with Gasteiger partial charge in [-0.15, -0.1) is 0 Å². The predicted molar refractivity (Wildman–Crippen MR) is 77.6 cm³/mol. The quantitative estimate of drug-likeness (QED) is 0.763. The summed E-state index contributed by atoms with van der Waals surface area (Å²) in [5, 5.41) is 2.85. The average Bonchev–Trinajstić information content (AvgIpc) is 2.36. The molecule has 4 heteroatoms. The summed E-state index contributed by atoms with van der Waals surface area (Å²) >= 11 is 0. The number of ether oxygens (including phenoxy) is 1. The fraction of sp³-hybridized carbons (Fsp3) is 0.533. The molecule has 0 saturated carbocycles. The Labute approximate surface area is 115 Å². The van der Waals surface area contributed by atoms with E-state index in [-0.39, 0.29) is 12.5 Å². The highest BCUT2D eigenvalue weighted by molar-refractivity contribution is 5.77. The van der Waals surface area contributed by atoms with E-state index < -0.39 is 0 Å². The molecule has 0 aliphatic heterocycles. The first-order valence-corrected chi connectivity index (χ1v) is 6.61. The number of benzene rings is 1. The summed E-state index contributed by atoms with van der Waals surface area (Å²) in [6, 6.07) is 5.86. The number of hydrogen-bond donors (Lipinski definition) is 1. The molecule has 0 spiro atoms. The highest BCUT2D eigenvalue weighted by Gasteiger charge is 2.05. The van der Waals surface area contributed by atoms with E-state index in [0.717, 1.165) is 24.3 Å². The second-order valence-electron chi connectivity index (χ2n) is 4.99. The molecule has 106 valence electrons. The standard InChI is InChI=1S/C15H24N2O2/c1-12-7-5-8-14(13(12)2)19-11-15(18)16-9-6-10-17(3)4/h5,7-8H,6,9-11H2,1-4H3,(H,16,18). The van der Waals surface area contributed by atoms with Gasteiger partial charge in [0.15, 0.2) is 6.61 Å². The maximum Gasteiger partial charge on any atom is 0.257 e. The van der Waals surface area contributed by atoms with Crippen LogP contribution < -0.4 is 10.1 Å². The van der Waals surface area contributed by atoms with E-state index in [1.165, 1.54) is 5.56 Å². The van der Waals surface area contributed by atoms with Gasteiger partial charge in [-0.2, -0.15) is 0 Å². The number of carbonyl (C=O) groups is 1. The van der Waals surface area contributed by atoms with Crippen LogP contribution in [0.4, 0.5) is 0 Å². The highest BCUT2D eigenvalue weighted by Crippen LogP contribution is 2.20. The molecule has 4 nitrogen and oxygen atoms in total. The number of nitrogens with zero attached hydrogens (tertiary/aromatic N) is 1. The first kappa shape index (κ1) is 15.5. The third kappa shape index (κ3) is 5.75. The third-order valence-corrected chi connectivity index (χ3v) is 3.02. The minimum Gasteiger partial charge on any atom is -0.483 e. The fourth-order valence-corrected chi connectivity index (χ4v) is 1.70. The van der Waals surface area contributed by atoms with E-state index >= 15 is 0 Å². The Morgan fingerprint density at radius 3 is 2.74 bits per heavy atom. The Bertz CT molecular complexity index is 417. The molecule has 0 bridgehead atoms. The molecule has 0 radical (unpaired) electrons. The molecule has 0 aliphatic rings. The lowest BCUT2D eigenvalue weighted by Gasteiger charge is -2.12. The van der Waals surface area contributed by atoms with Crippen LogP contribution in [0, 0.1) is 13.8 Å². The van der Waals surface area contributed by atoms with Crippen LogP contribution in [0.2, 0.25) is 0 Å². The van der Waals surface area contributed by atoms with Gasteiger partial charge in [0.25, 0.3) is 5.91 Å². The summed E-state index contributed by atoms with van der Waals surface area (Å²) in [5.74, 6) is 0.711. The van der Waals surface area contributed by atoms with E-state index in [1.54, 1.807) is 0 Å². The molecule has 0 unspecified atom stereocenters. The molecular formula is C15H24N2O2. The van der Waals surface area contributed by atoms with Gasteiger partial charge >= 0.3 is 0 Å². The average molecular weight is 264 g/mol. The van der Waals surface area contributed by atoms with Crippen molar-refractivity contribution in [3.8, 4) is 5.75 Å². The van der Waals surface area contributed by atoms with E-state index in [2.05, 4.69) is 10.2 Å². The van der Waals surface area contributed by atoms with Gasteiger partial charge in [-0.05, 0) is 58.1 Å². The maximum absolute atomic E-state index is 11.6. The maximum atomic E-state index is 11.6. The smallest absolute Gasteiger partial charge is 0.257 e. The van der Waals surface area contributed by atoms with Gasteiger partial charge in [-0.3, -0.25) is 4.79 Å². The van der Waals surface area contributed by atoms with Crippen molar-refractivity contribution < 1.29 is 9.53 Å². The first-order chi connectivity index (χ1) is 9.00. The fourth-order valence-electron chi connectivity index (χ4n) is 1.70. The summed E-state index contributed by atoms with van der Waals surface area (Å²) < 4.78 is 5.54. The van der Waals surface area contributed by atoms with Crippen molar-refractivity contribution in [1.29, 1.82) is 0 Å². The van der Waals surface area contributed by atoms with E-state index in [4.69, 9.17) is 4.74 Å².